The van der Waals surface area contributed by atoms with E-state index in [1.54, 1.807) is 0 Å². The van der Waals surface area contributed by atoms with Gasteiger partial charge >= 0.3 is 0 Å². The highest BCUT2D eigenvalue weighted by Crippen LogP contribution is 2.60. The van der Waals surface area contributed by atoms with Crippen LogP contribution in [0.25, 0.3) is 5.57 Å². The van der Waals surface area contributed by atoms with Crippen molar-refractivity contribution in [3.8, 4) is 0 Å². The van der Waals surface area contributed by atoms with Gasteiger partial charge in [0.15, 0.2) is 0 Å². The van der Waals surface area contributed by atoms with Crippen LogP contribution >= 0.6 is 0 Å². The van der Waals surface area contributed by atoms with Gasteiger partial charge in [0.1, 0.15) is 0 Å². The van der Waals surface area contributed by atoms with Crippen molar-refractivity contribution < 1.29 is 8.42 Å². The summed E-state index contributed by atoms with van der Waals surface area (Å²) in [6.07, 6.45) is 3.16. The first-order chi connectivity index (χ1) is 15.1. The Balaban J connectivity index is 1.71. The zero-order valence-corrected chi connectivity index (χ0v) is 20.7. The number of sulfonamides is 1. The van der Waals surface area contributed by atoms with E-state index in [1.165, 1.54) is 11.1 Å². The fourth-order valence-corrected chi connectivity index (χ4v) is 9.85. The molecule has 3 aliphatic rings. The molecule has 4 heteroatoms. The number of rotatable bonds is 3. The molecular formula is C28H35NO2S. The molecule has 0 unspecified atom stereocenters. The summed E-state index contributed by atoms with van der Waals surface area (Å²) < 4.78 is 30.8. The Bertz CT molecular complexity index is 1170. The molecule has 0 N–H and O–H groups in total. The molecule has 0 spiro atoms. The SMILES string of the molecule is C=C1c2ccccc2[C@H]2CCC[C@@H]3[C@H]2[C@@H]1[C@H](C(C)C)N3S(=O)(=O)c1c(C)cc(C)cc1C. The lowest BCUT2D eigenvalue weighted by atomic mass is 9.60. The Morgan fingerprint density at radius 1 is 1.03 bits per heavy atom. The summed E-state index contributed by atoms with van der Waals surface area (Å²) in [6, 6.07) is 12.7. The first-order valence-corrected chi connectivity index (χ1v) is 13.5. The molecule has 0 amide bonds. The molecule has 5 atom stereocenters. The van der Waals surface area contributed by atoms with Crippen molar-refractivity contribution in [1.29, 1.82) is 0 Å². The fraction of sp³-hybridized carbons (Fsp3) is 0.500. The van der Waals surface area contributed by atoms with Gasteiger partial charge in [0.2, 0.25) is 10.0 Å². The summed E-state index contributed by atoms with van der Waals surface area (Å²) in [6.45, 7) is 14.9. The Labute approximate surface area is 193 Å². The van der Waals surface area contributed by atoms with Gasteiger partial charge in [-0.2, -0.15) is 4.31 Å². The number of hydrogen-bond acceptors (Lipinski definition) is 2. The van der Waals surface area contributed by atoms with Gasteiger partial charge in [-0.1, -0.05) is 68.8 Å². The lowest BCUT2D eigenvalue weighted by Gasteiger charge is -2.43. The fourth-order valence-electron chi connectivity index (χ4n) is 7.41. The van der Waals surface area contributed by atoms with Crippen LogP contribution in [0.5, 0.6) is 0 Å². The van der Waals surface area contributed by atoms with E-state index in [1.807, 2.05) is 37.2 Å². The maximum atomic E-state index is 14.4. The molecule has 3 nitrogen and oxygen atoms in total. The summed E-state index contributed by atoms with van der Waals surface area (Å²) >= 11 is 0. The van der Waals surface area contributed by atoms with Gasteiger partial charge in [-0.25, -0.2) is 8.42 Å². The summed E-state index contributed by atoms with van der Waals surface area (Å²) in [7, 11) is -3.64. The van der Waals surface area contributed by atoms with Crippen molar-refractivity contribution in [3.63, 3.8) is 0 Å². The second-order valence-corrected chi connectivity index (χ2v) is 12.4. The van der Waals surface area contributed by atoms with E-state index in [0.29, 0.717) is 16.7 Å². The van der Waals surface area contributed by atoms with Gasteiger partial charge in [0.05, 0.1) is 4.90 Å². The Hall–Kier alpha value is -1.91. The Kier molecular flexibility index (Phi) is 5.18. The third kappa shape index (κ3) is 2.99. The molecule has 1 saturated heterocycles. The van der Waals surface area contributed by atoms with E-state index in [0.717, 1.165) is 41.5 Å². The first kappa shape index (κ1) is 21.9. The van der Waals surface area contributed by atoms with E-state index in [4.69, 9.17) is 0 Å². The minimum atomic E-state index is -3.64. The van der Waals surface area contributed by atoms with Crippen molar-refractivity contribution in [2.75, 3.05) is 0 Å². The third-order valence-corrected chi connectivity index (χ3v) is 10.5. The molecule has 0 radical (unpaired) electrons. The highest BCUT2D eigenvalue weighted by atomic mass is 32.2. The van der Waals surface area contributed by atoms with E-state index < -0.39 is 10.0 Å². The number of hydrogen-bond donors (Lipinski definition) is 0. The predicted octanol–water partition coefficient (Wildman–Crippen LogP) is 6.24. The number of nitrogens with zero attached hydrogens (tertiary/aromatic N) is 1. The van der Waals surface area contributed by atoms with Crippen LogP contribution in [-0.4, -0.2) is 24.8 Å². The van der Waals surface area contributed by atoms with Crippen LogP contribution in [0.15, 0.2) is 47.9 Å². The second-order valence-electron chi connectivity index (χ2n) is 10.6. The van der Waals surface area contributed by atoms with E-state index >= 15 is 0 Å². The van der Waals surface area contributed by atoms with Crippen molar-refractivity contribution >= 4 is 15.6 Å². The molecule has 0 bridgehead atoms. The van der Waals surface area contributed by atoms with Crippen LogP contribution in [0.3, 0.4) is 0 Å². The maximum Gasteiger partial charge on any atom is 0.244 e. The average molecular weight is 450 g/mol. The minimum absolute atomic E-state index is 0.0429. The molecule has 32 heavy (non-hydrogen) atoms. The van der Waals surface area contributed by atoms with Gasteiger partial charge in [-0.15, -0.1) is 0 Å². The van der Waals surface area contributed by atoms with Crippen molar-refractivity contribution in [2.45, 2.75) is 76.8 Å². The van der Waals surface area contributed by atoms with Crippen LogP contribution in [0.2, 0.25) is 0 Å². The molecule has 5 rings (SSSR count). The summed E-state index contributed by atoms with van der Waals surface area (Å²) in [4.78, 5) is 0.512. The van der Waals surface area contributed by atoms with Gasteiger partial charge in [0.25, 0.3) is 0 Å². The minimum Gasteiger partial charge on any atom is -0.207 e. The summed E-state index contributed by atoms with van der Waals surface area (Å²) in [5.41, 5.74) is 6.60. The Morgan fingerprint density at radius 2 is 1.69 bits per heavy atom. The molecule has 2 aliphatic carbocycles. The maximum absolute atomic E-state index is 14.4. The van der Waals surface area contributed by atoms with E-state index in [9.17, 15) is 8.42 Å². The van der Waals surface area contributed by atoms with Crippen LogP contribution in [-0.2, 0) is 10.0 Å². The van der Waals surface area contributed by atoms with Crippen LogP contribution in [0, 0.1) is 38.5 Å². The van der Waals surface area contributed by atoms with Crippen LogP contribution < -0.4 is 0 Å². The van der Waals surface area contributed by atoms with Gasteiger partial charge in [-0.05, 0) is 79.2 Å². The zero-order valence-electron chi connectivity index (χ0n) is 19.9. The number of aryl methyl sites for hydroxylation is 3. The van der Waals surface area contributed by atoms with Crippen molar-refractivity contribution in [3.05, 3.63) is 70.8 Å². The summed E-state index contributed by atoms with van der Waals surface area (Å²) in [5.74, 6) is 1.14. The molecule has 2 aromatic carbocycles. The predicted molar refractivity (Wildman–Crippen MR) is 131 cm³/mol. The molecule has 2 fully saturated rings. The van der Waals surface area contributed by atoms with Crippen LogP contribution in [0.1, 0.15) is 66.8 Å². The highest BCUT2D eigenvalue weighted by molar-refractivity contribution is 7.89. The van der Waals surface area contributed by atoms with E-state index in [-0.39, 0.29) is 23.9 Å². The van der Waals surface area contributed by atoms with Gasteiger partial charge in [-0.3, -0.25) is 0 Å². The molecule has 0 aromatic heterocycles. The molecule has 2 aromatic rings. The smallest absolute Gasteiger partial charge is 0.207 e. The summed E-state index contributed by atoms with van der Waals surface area (Å²) in [5, 5.41) is 0. The quantitative estimate of drug-likeness (QED) is 0.556. The number of fused-ring (bicyclic) bond motifs is 2. The van der Waals surface area contributed by atoms with E-state index in [2.05, 4.69) is 44.7 Å². The monoisotopic (exact) mass is 449 g/mol. The lowest BCUT2D eigenvalue weighted by Crippen LogP contribution is -2.46. The Morgan fingerprint density at radius 3 is 2.34 bits per heavy atom. The average Bonchev–Trinajstić information content (AvgIpc) is 3.08. The van der Waals surface area contributed by atoms with Gasteiger partial charge < -0.3 is 0 Å². The third-order valence-electron chi connectivity index (χ3n) is 8.26. The first-order valence-electron chi connectivity index (χ1n) is 12.0. The number of benzene rings is 2. The highest BCUT2D eigenvalue weighted by Gasteiger charge is 2.60. The molecular weight excluding hydrogens is 414 g/mol. The largest absolute Gasteiger partial charge is 0.244 e. The lowest BCUT2D eigenvalue weighted by molar-refractivity contribution is 0.208. The van der Waals surface area contributed by atoms with Crippen molar-refractivity contribution in [1.82, 2.24) is 4.31 Å². The molecule has 170 valence electrons. The molecule has 1 aliphatic heterocycles. The van der Waals surface area contributed by atoms with Gasteiger partial charge in [0, 0.05) is 18.0 Å². The van der Waals surface area contributed by atoms with Crippen LogP contribution in [0.4, 0.5) is 0 Å². The zero-order chi connectivity index (χ0) is 22.9. The standard InChI is InChI=1S/C28H35NO2S/c1-16(2)27-25-20(6)21-10-7-8-11-22(21)23-12-9-13-24(26(23)25)29(27)32(30,31)28-18(4)14-17(3)15-19(28)5/h7-8,10-11,14-16,23-27H,6,9,12-13H2,1-5H3/t23-,24-,25-,26+,27+/m1/s1. The normalized spacial score (nSPS) is 29.8. The molecule has 1 saturated carbocycles. The van der Waals surface area contributed by atoms with Crippen molar-refractivity contribution in [2.24, 2.45) is 17.8 Å². The topological polar surface area (TPSA) is 37.4 Å². The second kappa shape index (κ2) is 7.56. The molecule has 1 heterocycles.